The highest BCUT2D eigenvalue weighted by Gasteiger charge is 2.29. The van der Waals surface area contributed by atoms with E-state index in [1.165, 1.54) is 0 Å². The maximum Gasteiger partial charge on any atom is 0.162 e. The van der Waals surface area contributed by atoms with Gasteiger partial charge in [-0.2, -0.15) is 15.5 Å². The lowest BCUT2D eigenvalue weighted by atomic mass is 10.1. The zero-order valence-corrected chi connectivity index (χ0v) is 15.5. The number of hydrogen-bond donors (Lipinski definition) is 0. The zero-order chi connectivity index (χ0) is 18.8. The van der Waals surface area contributed by atoms with Gasteiger partial charge in [0.05, 0.1) is 23.2 Å². The largest absolute Gasteiger partial charge is 0.274 e. The summed E-state index contributed by atoms with van der Waals surface area (Å²) in [5.74, 6) is 0. The summed E-state index contributed by atoms with van der Waals surface area (Å²) in [4.78, 5) is 0. The number of para-hydroxylation sites is 1. The highest BCUT2D eigenvalue weighted by Crippen LogP contribution is 2.31. The Morgan fingerprint density at radius 1 is 1.00 bits per heavy atom. The van der Waals surface area contributed by atoms with E-state index in [2.05, 4.69) is 23.3 Å². The van der Waals surface area contributed by atoms with Gasteiger partial charge < -0.3 is 0 Å². The number of nitrogens with zero attached hydrogens (tertiary/aromatic N) is 5. The molecule has 1 aliphatic heterocycles. The van der Waals surface area contributed by atoms with Crippen molar-refractivity contribution in [1.82, 2.24) is 14.8 Å². The summed E-state index contributed by atoms with van der Waals surface area (Å²) in [7, 11) is 0. The van der Waals surface area contributed by atoms with Gasteiger partial charge in [-0.3, -0.25) is 5.01 Å². The van der Waals surface area contributed by atoms with E-state index in [9.17, 15) is 5.26 Å². The molecule has 134 valence electrons. The molecule has 0 radical (unpaired) electrons. The first-order valence-corrected chi connectivity index (χ1v) is 9.09. The third kappa shape index (κ3) is 3.11. The molecule has 0 spiro atoms. The van der Waals surface area contributed by atoms with Crippen molar-refractivity contribution in [2.75, 3.05) is 6.54 Å². The van der Waals surface area contributed by atoms with Crippen molar-refractivity contribution < 1.29 is 0 Å². The predicted molar refractivity (Wildman–Crippen MR) is 106 cm³/mol. The van der Waals surface area contributed by atoms with Crippen LogP contribution >= 0.6 is 0 Å². The van der Waals surface area contributed by atoms with Gasteiger partial charge in [0, 0.05) is 24.2 Å². The van der Waals surface area contributed by atoms with Gasteiger partial charge in [-0.05, 0) is 31.5 Å². The van der Waals surface area contributed by atoms with E-state index < -0.39 is 6.04 Å². The monoisotopic (exact) mass is 355 g/mol. The van der Waals surface area contributed by atoms with Gasteiger partial charge in [-0.25, -0.2) is 4.68 Å². The van der Waals surface area contributed by atoms with Crippen LogP contribution in [0.5, 0.6) is 0 Å². The van der Waals surface area contributed by atoms with Gasteiger partial charge in [-0.15, -0.1) is 0 Å². The lowest BCUT2D eigenvalue weighted by molar-refractivity contribution is 0.273. The molecule has 4 rings (SSSR count). The highest BCUT2D eigenvalue weighted by atomic mass is 15.5. The molecule has 2 aromatic carbocycles. The fourth-order valence-corrected chi connectivity index (χ4v) is 3.65. The summed E-state index contributed by atoms with van der Waals surface area (Å²) < 4.78 is 1.91. The second kappa shape index (κ2) is 7.08. The first kappa shape index (κ1) is 17.0. The van der Waals surface area contributed by atoms with E-state index in [0.717, 1.165) is 46.9 Å². The molecule has 1 atom stereocenters. The topological polar surface area (TPSA) is 57.2 Å². The maximum absolute atomic E-state index is 9.93. The number of hydrazone groups is 1. The molecule has 1 aliphatic rings. The fraction of sp³-hybridized carbons (Fsp3) is 0.227. The first-order valence-electron chi connectivity index (χ1n) is 9.09. The Morgan fingerprint density at radius 3 is 2.33 bits per heavy atom. The summed E-state index contributed by atoms with van der Waals surface area (Å²) in [6.45, 7) is 4.71. The van der Waals surface area contributed by atoms with Gasteiger partial charge in [0.25, 0.3) is 0 Å². The van der Waals surface area contributed by atoms with Crippen molar-refractivity contribution in [3.8, 4) is 11.8 Å². The summed E-state index contributed by atoms with van der Waals surface area (Å²) in [6.07, 6.45) is 0.840. The Labute approximate surface area is 159 Å². The molecule has 0 unspecified atom stereocenters. The van der Waals surface area contributed by atoms with E-state index in [0.29, 0.717) is 0 Å². The molecule has 0 amide bonds. The van der Waals surface area contributed by atoms with Gasteiger partial charge in [-0.1, -0.05) is 48.5 Å². The van der Waals surface area contributed by atoms with Gasteiger partial charge in [0.1, 0.15) is 0 Å². The van der Waals surface area contributed by atoms with Crippen LogP contribution in [0.25, 0.3) is 5.69 Å². The lowest BCUT2D eigenvalue weighted by Crippen LogP contribution is -2.21. The van der Waals surface area contributed by atoms with E-state index in [4.69, 9.17) is 5.10 Å². The van der Waals surface area contributed by atoms with Crippen LogP contribution in [0.3, 0.4) is 0 Å². The fourth-order valence-electron chi connectivity index (χ4n) is 3.65. The minimum absolute atomic E-state index is 0.441. The number of rotatable bonds is 4. The number of aryl methyl sites for hydroxylation is 1. The minimum Gasteiger partial charge on any atom is -0.274 e. The highest BCUT2D eigenvalue weighted by molar-refractivity contribution is 6.01. The second-order valence-electron chi connectivity index (χ2n) is 6.69. The minimum atomic E-state index is -0.441. The molecular formula is C22H21N5. The zero-order valence-electron chi connectivity index (χ0n) is 15.5. The Kier molecular flexibility index (Phi) is 4.47. The van der Waals surface area contributed by atoms with Crippen LogP contribution in [0.1, 0.15) is 35.0 Å². The van der Waals surface area contributed by atoms with E-state index in [1.807, 2.05) is 72.1 Å². The summed E-state index contributed by atoms with van der Waals surface area (Å²) in [5.41, 5.74) is 5.93. The van der Waals surface area contributed by atoms with Crippen molar-refractivity contribution >= 4 is 5.71 Å². The van der Waals surface area contributed by atoms with Crippen LogP contribution in [0.15, 0.2) is 65.8 Å². The summed E-state index contributed by atoms with van der Waals surface area (Å²) in [5, 5.41) is 21.3. The van der Waals surface area contributed by atoms with Crippen molar-refractivity contribution in [3.05, 3.63) is 83.2 Å². The second-order valence-corrected chi connectivity index (χ2v) is 6.69. The molecule has 5 nitrogen and oxygen atoms in total. The summed E-state index contributed by atoms with van der Waals surface area (Å²) >= 11 is 0. The molecule has 0 fully saturated rings. The van der Waals surface area contributed by atoms with Crippen molar-refractivity contribution in [1.29, 1.82) is 5.26 Å². The molecule has 3 aromatic rings. The van der Waals surface area contributed by atoms with Gasteiger partial charge in [0.2, 0.25) is 0 Å². The first-order chi connectivity index (χ1) is 13.2. The molecule has 0 N–H and O–H groups in total. The van der Waals surface area contributed by atoms with Crippen LogP contribution in [0.4, 0.5) is 0 Å². The number of hydrogen-bond acceptors (Lipinski definition) is 4. The number of benzene rings is 2. The molecular weight excluding hydrogens is 334 g/mol. The van der Waals surface area contributed by atoms with Crippen LogP contribution < -0.4 is 0 Å². The van der Waals surface area contributed by atoms with Crippen molar-refractivity contribution in [3.63, 3.8) is 0 Å². The standard InChI is InChI=1S/C22H21N5/c1-16-22(17(2)27(24-16)19-11-7-4-8-12-19)21(15-23)26-14-13-20(25-26)18-9-5-3-6-10-18/h3-12,21H,13-14H2,1-2H3/t21-/m1/s1. The van der Waals surface area contributed by atoms with Gasteiger partial charge in [0.15, 0.2) is 6.04 Å². The average molecular weight is 355 g/mol. The number of aromatic nitrogens is 2. The molecule has 5 heteroatoms. The van der Waals surface area contributed by atoms with Gasteiger partial charge >= 0.3 is 0 Å². The third-order valence-electron chi connectivity index (χ3n) is 4.98. The Morgan fingerprint density at radius 2 is 1.67 bits per heavy atom. The molecule has 0 saturated heterocycles. The van der Waals surface area contributed by atoms with Crippen LogP contribution in [-0.2, 0) is 0 Å². The molecule has 27 heavy (non-hydrogen) atoms. The van der Waals surface area contributed by atoms with Crippen LogP contribution in [0.2, 0.25) is 0 Å². The molecule has 0 bridgehead atoms. The normalized spacial score (nSPS) is 14.7. The van der Waals surface area contributed by atoms with Crippen LogP contribution in [0, 0.1) is 25.2 Å². The molecule has 0 aliphatic carbocycles. The summed E-state index contributed by atoms with van der Waals surface area (Å²) in [6, 6.07) is 22.2. The quantitative estimate of drug-likeness (QED) is 0.706. The SMILES string of the molecule is Cc1nn(-c2ccccc2)c(C)c1[C@@H](C#N)N1CCC(c2ccccc2)=N1. The van der Waals surface area contributed by atoms with E-state index in [1.54, 1.807) is 0 Å². The Hall–Kier alpha value is -3.39. The molecule has 2 heterocycles. The van der Waals surface area contributed by atoms with E-state index in [-0.39, 0.29) is 0 Å². The number of nitriles is 1. The molecule has 1 aromatic heterocycles. The van der Waals surface area contributed by atoms with Crippen molar-refractivity contribution in [2.45, 2.75) is 26.3 Å². The van der Waals surface area contributed by atoms with E-state index >= 15 is 0 Å². The Balaban J connectivity index is 1.70. The Bertz CT molecular complexity index is 1010. The predicted octanol–water partition coefficient (Wildman–Crippen LogP) is 4.16. The molecule has 0 saturated carbocycles. The average Bonchev–Trinajstić information content (AvgIpc) is 3.31. The third-order valence-corrected chi connectivity index (χ3v) is 4.98. The smallest absolute Gasteiger partial charge is 0.162 e. The van der Waals surface area contributed by atoms with Crippen molar-refractivity contribution in [2.24, 2.45) is 5.10 Å². The van der Waals surface area contributed by atoms with Crippen LogP contribution in [-0.4, -0.2) is 27.0 Å². The maximum atomic E-state index is 9.93. The lowest BCUT2D eigenvalue weighted by Gasteiger charge is -2.20.